The minimum Gasteiger partial charge on any atom is -0.452 e. The zero-order valence-electron chi connectivity index (χ0n) is 17.0. The number of nitro benzene ring substituents is 1. The van der Waals surface area contributed by atoms with Gasteiger partial charge in [0, 0.05) is 25.2 Å². The molecule has 2 aromatic rings. The molecule has 172 valence electrons. The molecule has 0 aromatic heterocycles. The van der Waals surface area contributed by atoms with E-state index < -0.39 is 50.6 Å². The first kappa shape index (κ1) is 25.2. The molecule has 0 saturated carbocycles. The Morgan fingerprint density at radius 2 is 1.84 bits per heavy atom. The fourth-order valence-electron chi connectivity index (χ4n) is 2.65. The van der Waals surface area contributed by atoms with E-state index in [1.165, 1.54) is 12.1 Å². The molecule has 0 saturated heterocycles. The van der Waals surface area contributed by atoms with Crippen LogP contribution in [-0.2, 0) is 19.6 Å². The summed E-state index contributed by atoms with van der Waals surface area (Å²) >= 11 is 6.01. The number of ether oxygens (including phenoxy) is 1. The first-order valence-electron chi connectivity index (χ1n) is 9.21. The van der Waals surface area contributed by atoms with Crippen LogP contribution < -0.4 is 5.32 Å². The van der Waals surface area contributed by atoms with Crippen LogP contribution in [0.25, 0.3) is 0 Å². The third-order valence-corrected chi connectivity index (χ3v) is 6.79. The van der Waals surface area contributed by atoms with Crippen molar-refractivity contribution < 1.29 is 32.1 Å². The summed E-state index contributed by atoms with van der Waals surface area (Å²) in [5.74, 6) is -2.89. The van der Waals surface area contributed by atoms with Crippen molar-refractivity contribution in [3.63, 3.8) is 0 Å². The number of sulfonamides is 1. The summed E-state index contributed by atoms with van der Waals surface area (Å²) in [6.07, 6.45) is 0. The highest BCUT2D eigenvalue weighted by molar-refractivity contribution is 7.89. The van der Waals surface area contributed by atoms with Gasteiger partial charge in [-0.05, 0) is 24.3 Å². The lowest BCUT2D eigenvalue weighted by Gasteiger charge is -2.19. The third kappa shape index (κ3) is 5.78. The van der Waals surface area contributed by atoms with Crippen molar-refractivity contribution in [2.24, 2.45) is 0 Å². The van der Waals surface area contributed by atoms with E-state index in [-0.39, 0.29) is 28.6 Å². The Morgan fingerprint density at radius 1 is 1.19 bits per heavy atom. The molecule has 0 radical (unpaired) electrons. The number of nitro groups is 1. The molecule has 32 heavy (non-hydrogen) atoms. The predicted octanol–water partition coefficient (Wildman–Crippen LogP) is 3.21. The van der Waals surface area contributed by atoms with E-state index in [1.54, 1.807) is 13.8 Å². The van der Waals surface area contributed by atoms with E-state index in [0.29, 0.717) is 0 Å². The van der Waals surface area contributed by atoms with Gasteiger partial charge in [-0.25, -0.2) is 17.6 Å². The van der Waals surface area contributed by atoms with Crippen molar-refractivity contribution in [2.45, 2.75) is 18.7 Å². The molecule has 1 N–H and O–H groups in total. The molecule has 0 aliphatic heterocycles. The Bertz CT molecular complexity index is 1150. The maximum Gasteiger partial charge on any atom is 0.338 e. The number of hydrogen-bond donors (Lipinski definition) is 1. The van der Waals surface area contributed by atoms with Crippen LogP contribution in [0.15, 0.2) is 41.3 Å². The number of non-ortho nitro benzene ring substituents is 1. The Kier molecular flexibility index (Phi) is 8.25. The molecule has 0 heterocycles. The van der Waals surface area contributed by atoms with Gasteiger partial charge in [-0.2, -0.15) is 4.31 Å². The summed E-state index contributed by atoms with van der Waals surface area (Å²) in [6, 6.07) is 6.03. The lowest BCUT2D eigenvalue weighted by molar-refractivity contribution is -0.384. The van der Waals surface area contributed by atoms with Gasteiger partial charge in [0.15, 0.2) is 6.61 Å². The maximum atomic E-state index is 13.8. The van der Waals surface area contributed by atoms with Crippen molar-refractivity contribution >= 4 is 44.9 Å². The van der Waals surface area contributed by atoms with E-state index in [9.17, 15) is 32.5 Å². The Balaban J connectivity index is 2.13. The quantitative estimate of drug-likeness (QED) is 0.326. The van der Waals surface area contributed by atoms with Crippen LogP contribution in [0.1, 0.15) is 24.2 Å². The molecule has 13 heteroatoms. The number of rotatable bonds is 9. The lowest BCUT2D eigenvalue weighted by atomic mass is 10.2. The summed E-state index contributed by atoms with van der Waals surface area (Å²) in [7, 11) is -3.96. The van der Waals surface area contributed by atoms with E-state index >= 15 is 0 Å². The van der Waals surface area contributed by atoms with Gasteiger partial charge >= 0.3 is 5.97 Å². The average Bonchev–Trinajstić information content (AvgIpc) is 2.74. The highest BCUT2D eigenvalue weighted by atomic mass is 35.5. The van der Waals surface area contributed by atoms with Crippen LogP contribution in [0.3, 0.4) is 0 Å². The number of hydrogen-bond acceptors (Lipinski definition) is 7. The van der Waals surface area contributed by atoms with Gasteiger partial charge in [-0.15, -0.1) is 0 Å². The molecular formula is C19H19ClFN3O7S. The van der Waals surface area contributed by atoms with Crippen LogP contribution in [0.5, 0.6) is 0 Å². The van der Waals surface area contributed by atoms with Gasteiger partial charge in [-0.3, -0.25) is 14.9 Å². The molecule has 0 aliphatic rings. The third-order valence-electron chi connectivity index (χ3n) is 4.26. The van der Waals surface area contributed by atoms with Crippen LogP contribution in [0.4, 0.5) is 15.8 Å². The summed E-state index contributed by atoms with van der Waals surface area (Å²) in [5, 5.41) is 12.7. The zero-order chi connectivity index (χ0) is 24.1. The molecule has 0 fully saturated rings. The SMILES string of the molecule is CCN(CC)S(=O)(=O)c1cc(C(=O)OCC(=O)Nc2cc([N+](=O)[O-])ccc2F)ccc1Cl. The highest BCUT2D eigenvalue weighted by Gasteiger charge is 2.26. The fourth-order valence-corrected chi connectivity index (χ4v) is 4.61. The van der Waals surface area contributed by atoms with Gasteiger partial charge in [0.05, 0.1) is 21.2 Å². The molecule has 0 bridgehead atoms. The smallest absolute Gasteiger partial charge is 0.338 e. The monoisotopic (exact) mass is 487 g/mol. The Morgan fingerprint density at radius 3 is 2.44 bits per heavy atom. The first-order valence-corrected chi connectivity index (χ1v) is 11.0. The lowest BCUT2D eigenvalue weighted by Crippen LogP contribution is -2.31. The number of halogens is 2. The number of carbonyl (C=O) groups excluding carboxylic acids is 2. The Labute approximate surface area is 188 Å². The number of benzene rings is 2. The molecule has 0 unspecified atom stereocenters. The molecule has 2 aromatic carbocycles. The minimum atomic E-state index is -3.96. The number of carbonyl (C=O) groups is 2. The van der Waals surface area contributed by atoms with Gasteiger partial charge < -0.3 is 10.1 Å². The highest BCUT2D eigenvalue weighted by Crippen LogP contribution is 2.26. The van der Waals surface area contributed by atoms with Gasteiger partial charge in [0.25, 0.3) is 11.6 Å². The number of nitrogens with zero attached hydrogens (tertiary/aromatic N) is 2. The second-order valence-corrected chi connectivity index (χ2v) is 8.59. The van der Waals surface area contributed by atoms with Crippen molar-refractivity contribution in [1.29, 1.82) is 0 Å². The average molecular weight is 488 g/mol. The van der Waals surface area contributed by atoms with Crippen molar-refractivity contribution in [2.75, 3.05) is 25.0 Å². The second kappa shape index (κ2) is 10.5. The van der Waals surface area contributed by atoms with Crippen molar-refractivity contribution in [1.82, 2.24) is 4.31 Å². The first-order chi connectivity index (χ1) is 15.0. The second-order valence-electron chi connectivity index (χ2n) is 6.28. The summed E-state index contributed by atoms with van der Waals surface area (Å²) < 4.78 is 45.2. The molecule has 0 spiro atoms. The number of anilines is 1. The minimum absolute atomic E-state index is 0.0904. The summed E-state index contributed by atoms with van der Waals surface area (Å²) in [4.78, 5) is 34.0. The predicted molar refractivity (Wildman–Crippen MR) is 114 cm³/mol. The molecule has 2 rings (SSSR count). The zero-order valence-corrected chi connectivity index (χ0v) is 18.6. The summed E-state index contributed by atoms with van der Waals surface area (Å²) in [6.45, 7) is 2.84. The van der Waals surface area contributed by atoms with Crippen LogP contribution >= 0.6 is 11.6 Å². The van der Waals surface area contributed by atoms with E-state index in [2.05, 4.69) is 5.32 Å². The van der Waals surface area contributed by atoms with E-state index in [4.69, 9.17) is 16.3 Å². The van der Waals surface area contributed by atoms with Crippen molar-refractivity contribution in [3.8, 4) is 0 Å². The van der Waals surface area contributed by atoms with Gasteiger partial charge in [-0.1, -0.05) is 25.4 Å². The van der Waals surface area contributed by atoms with Crippen molar-refractivity contribution in [3.05, 3.63) is 62.9 Å². The van der Waals surface area contributed by atoms with E-state index in [1.807, 2.05) is 0 Å². The molecule has 1 amide bonds. The topological polar surface area (TPSA) is 136 Å². The van der Waals surface area contributed by atoms with Crippen LogP contribution in [-0.4, -0.2) is 49.2 Å². The number of esters is 1. The molecule has 10 nitrogen and oxygen atoms in total. The number of nitrogens with one attached hydrogen (secondary N) is 1. The largest absolute Gasteiger partial charge is 0.452 e. The molecule has 0 aliphatic carbocycles. The van der Waals surface area contributed by atoms with Gasteiger partial charge in [0.2, 0.25) is 10.0 Å². The van der Waals surface area contributed by atoms with Gasteiger partial charge in [0.1, 0.15) is 10.7 Å². The van der Waals surface area contributed by atoms with E-state index in [0.717, 1.165) is 28.6 Å². The van der Waals surface area contributed by atoms with Crippen LogP contribution in [0.2, 0.25) is 5.02 Å². The number of amides is 1. The Hall–Kier alpha value is -3.09. The molecular weight excluding hydrogens is 469 g/mol. The standard InChI is InChI=1S/C19H19ClFN3O7S/c1-3-23(4-2)32(29,30)17-9-12(5-7-14(17)20)19(26)31-11-18(25)22-16-10-13(24(27)28)6-8-15(16)21/h5-10H,3-4,11H2,1-2H3,(H,22,25). The van der Waals surface area contributed by atoms with Crippen LogP contribution in [0, 0.1) is 15.9 Å². The molecule has 0 atom stereocenters. The fraction of sp³-hybridized carbons (Fsp3) is 0.263. The summed E-state index contributed by atoms with van der Waals surface area (Å²) in [5.41, 5.74) is -1.07. The maximum absolute atomic E-state index is 13.8. The normalized spacial score (nSPS) is 11.3.